The Balaban J connectivity index is 3.99. The van der Waals surface area contributed by atoms with E-state index in [4.69, 9.17) is 9.05 Å². The minimum Gasteiger partial charge on any atom is -0.756 e. The molecular formula is C72H141N2O6P. The van der Waals surface area contributed by atoms with E-state index in [-0.39, 0.29) is 19.1 Å². The van der Waals surface area contributed by atoms with Gasteiger partial charge in [0.25, 0.3) is 7.82 Å². The maximum Gasteiger partial charge on any atom is 0.268 e. The molecule has 0 fully saturated rings. The quantitative estimate of drug-likeness (QED) is 0.0272. The Kier molecular flexibility index (Phi) is 62.2. The number of carbonyl (C=O) groups is 1. The molecule has 0 heterocycles. The summed E-state index contributed by atoms with van der Waals surface area (Å²) in [7, 11) is 1.28. The molecule has 81 heavy (non-hydrogen) atoms. The molecule has 3 atom stereocenters. The number of rotatable bonds is 67. The number of carbonyl (C=O) groups excluding carboxylic acids is 1. The number of hydrogen-bond acceptors (Lipinski definition) is 6. The van der Waals surface area contributed by atoms with Gasteiger partial charge in [0.15, 0.2) is 0 Å². The van der Waals surface area contributed by atoms with Crippen molar-refractivity contribution in [2.24, 2.45) is 0 Å². The smallest absolute Gasteiger partial charge is 0.268 e. The normalized spacial score (nSPS) is 13.8. The van der Waals surface area contributed by atoms with Gasteiger partial charge in [-0.3, -0.25) is 9.36 Å². The Morgan fingerprint density at radius 1 is 0.432 bits per heavy atom. The maximum absolute atomic E-state index is 13.0. The number of allylic oxidation sites excluding steroid dienone is 5. The van der Waals surface area contributed by atoms with Crippen LogP contribution in [-0.2, 0) is 18.4 Å². The van der Waals surface area contributed by atoms with E-state index in [1.54, 1.807) is 6.08 Å². The van der Waals surface area contributed by atoms with Crippen LogP contribution in [-0.4, -0.2) is 68.5 Å². The van der Waals surface area contributed by atoms with Gasteiger partial charge in [0.2, 0.25) is 5.91 Å². The molecule has 0 aromatic rings. The molecule has 480 valence electrons. The summed E-state index contributed by atoms with van der Waals surface area (Å²) >= 11 is 0. The van der Waals surface area contributed by atoms with Crippen LogP contribution >= 0.6 is 7.82 Å². The SMILES string of the molecule is CCCCCCC/C=C\C/C=C\CCCCCCCCCCCCCCCCCCCCCCCCCC(=O)NC(COP(=O)([O-])OCC[N+](C)(C)C)C(O)/C=C/CCCCCCCCCCCCCCCCCCCCCCCC. The second kappa shape index (κ2) is 63.2. The van der Waals surface area contributed by atoms with Crippen LogP contribution in [0.3, 0.4) is 0 Å². The molecule has 0 rings (SSSR count). The second-order valence-corrected chi connectivity index (χ2v) is 27.4. The van der Waals surface area contributed by atoms with Crippen molar-refractivity contribution in [2.75, 3.05) is 40.9 Å². The number of quaternary nitrogens is 1. The number of nitrogens with zero attached hydrogens (tertiary/aromatic N) is 1. The van der Waals surface area contributed by atoms with E-state index in [0.29, 0.717) is 17.4 Å². The van der Waals surface area contributed by atoms with Crippen molar-refractivity contribution < 1.29 is 32.9 Å². The van der Waals surface area contributed by atoms with Gasteiger partial charge in [-0.05, 0) is 51.4 Å². The van der Waals surface area contributed by atoms with E-state index in [9.17, 15) is 19.4 Å². The van der Waals surface area contributed by atoms with Crippen LogP contribution < -0.4 is 10.2 Å². The highest BCUT2D eigenvalue weighted by Gasteiger charge is 2.23. The molecule has 0 aliphatic carbocycles. The Hall–Kier alpha value is -1.28. The van der Waals surface area contributed by atoms with Crippen LogP contribution in [0.25, 0.3) is 0 Å². The van der Waals surface area contributed by atoms with E-state index in [1.165, 1.54) is 302 Å². The molecular weight excluding hydrogens is 1020 g/mol. The molecule has 3 unspecified atom stereocenters. The standard InChI is InChI=1S/C72H141N2O6P/c1-6-8-10-12-14-16-18-20-22-24-26-28-30-32-33-34-35-36-37-38-39-40-41-42-44-46-48-50-52-54-56-58-60-62-64-66-72(76)73-70(69-80-81(77,78)79-68-67-74(3,4)5)71(75)65-63-61-59-57-55-53-51-49-47-45-43-31-29-27-25-23-21-19-17-15-13-11-9-7-2/h18,20,24,26,63,65,70-71,75H,6-17,19,21-23,25,27-62,64,66-69H2,1-5H3,(H-,73,76,77,78)/b20-18-,26-24-,65-63+. The van der Waals surface area contributed by atoms with Crippen LogP contribution in [0, 0.1) is 0 Å². The molecule has 0 saturated carbocycles. The van der Waals surface area contributed by atoms with Crippen LogP contribution in [0.15, 0.2) is 36.5 Å². The van der Waals surface area contributed by atoms with Gasteiger partial charge in [0.1, 0.15) is 13.2 Å². The van der Waals surface area contributed by atoms with Crippen molar-refractivity contribution in [1.29, 1.82) is 0 Å². The first-order valence-electron chi connectivity index (χ1n) is 35.9. The lowest BCUT2D eigenvalue weighted by Crippen LogP contribution is -2.45. The number of aliphatic hydroxyl groups is 1. The van der Waals surface area contributed by atoms with Crippen molar-refractivity contribution in [2.45, 2.75) is 379 Å². The summed E-state index contributed by atoms with van der Waals surface area (Å²) < 4.78 is 23.5. The summed E-state index contributed by atoms with van der Waals surface area (Å²) in [5, 5.41) is 14.0. The lowest BCUT2D eigenvalue weighted by molar-refractivity contribution is -0.870. The molecule has 2 N–H and O–H groups in total. The van der Waals surface area contributed by atoms with Crippen molar-refractivity contribution >= 4 is 13.7 Å². The molecule has 9 heteroatoms. The van der Waals surface area contributed by atoms with Gasteiger partial charge < -0.3 is 28.8 Å². The van der Waals surface area contributed by atoms with Gasteiger partial charge in [-0.1, -0.05) is 346 Å². The summed E-state index contributed by atoms with van der Waals surface area (Å²) in [5.41, 5.74) is 0. The number of aliphatic hydroxyl groups excluding tert-OH is 1. The van der Waals surface area contributed by atoms with Crippen LogP contribution in [0.5, 0.6) is 0 Å². The average molecular weight is 1160 g/mol. The molecule has 0 bridgehead atoms. The fourth-order valence-corrected chi connectivity index (χ4v) is 11.7. The molecule has 0 aliphatic rings. The van der Waals surface area contributed by atoms with Crippen LogP contribution in [0.2, 0.25) is 0 Å². The Morgan fingerprint density at radius 2 is 0.716 bits per heavy atom. The summed E-state index contributed by atoms with van der Waals surface area (Å²) in [4.78, 5) is 25.6. The largest absolute Gasteiger partial charge is 0.756 e. The van der Waals surface area contributed by atoms with Crippen molar-refractivity contribution in [3.63, 3.8) is 0 Å². The molecule has 1 amide bonds. The number of phosphoric acid groups is 1. The number of hydrogen-bond donors (Lipinski definition) is 2. The average Bonchev–Trinajstić information content (AvgIpc) is 3.43. The maximum atomic E-state index is 13.0. The lowest BCUT2D eigenvalue weighted by atomic mass is 10.0. The second-order valence-electron chi connectivity index (χ2n) is 25.9. The molecule has 0 aromatic carbocycles. The first kappa shape index (κ1) is 79.7. The molecule has 0 saturated heterocycles. The number of phosphoric ester groups is 1. The first-order chi connectivity index (χ1) is 39.5. The first-order valence-corrected chi connectivity index (χ1v) is 37.3. The number of nitrogens with one attached hydrogen (secondary N) is 1. The van der Waals surface area contributed by atoms with Gasteiger partial charge >= 0.3 is 0 Å². The monoisotopic (exact) mass is 1160 g/mol. The highest BCUT2D eigenvalue weighted by Crippen LogP contribution is 2.38. The highest BCUT2D eigenvalue weighted by atomic mass is 31.2. The topological polar surface area (TPSA) is 108 Å². The Bertz CT molecular complexity index is 1410. The van der Waals surface area contributed by atoms with E-state index < -0.39 is 20.0 Å². The Morgan fingerprint density at radius 3 is 1.02 bits per heavy atom. The summed E-state index contributed by atoms with van der Waals surface area (Å²) in [6.45, 7) is 4.70. The number of amides is 1. The fraction of sp³-hybridized carbons (Fsp3) is 0.903. The van der Waals surface area contributed by atoms with Gasteiger partial charge in [-0.15, -0.1) is 0 Å². The van der Waals surface area contributed by atoms with Crippen molar-refractivity contribution in [1.82, 2.24) is 5.32 Å². The molecule has 0 aliphatic heterocycles. The predicted octanol–water partition coefficient (Wildman–Crippen LogP) is 22.2. The summed E-state index contributed by atoms with van der Waals surface area (Å²) in [6, 6.07) is -0.886. The van der Waals surface area contributed by atoms with Gasteiger partial charge in [0, 0.05) is 6.42 Å². The zero-order chi connectivity index (χ0) is 59.1. The summed E-state index contributed by atoms with van der Waals surface area (Å²) in [6.07, 6.45) is 84.2. The Labute approximate surface area is 506 Å². The number of likely N-dealkylation sites (N-methyl/N-ethyl adjacent to an activating group) is 1. The molecule has 0 spiro atoms. The van der Waals surface area contributed by atoms with E-state index in [1.807, 2.05) is 27.2 Å². The minimum absolute atomic E-state index is 0.00147. The zero-order valence-electron chi connectivity index (χ0n) is 55.0. The molecule has 0 aromatic heterocycles. The van der Waals surface area contributed by atoms with Gasteiger partial charge in [0.05, 0.1) is 39.9 Å². The third kappa shape index (κ3) is 66.1. The molecule has 8 nitrogen and oxygen atoms in total. The zero-order valence-corrected chi connectivity index (χ0v) is 55.9. The summed E-state index contributed by atoms with van der Waals surface area (Å²) in [5.74, 6) is -0.189. The molecule has 0 radical (unpaired) electrons. The van der Waals surface area contributed by atoms with Gasteiger partial charge in [-0.2, -0.15) is 0 Å². The van der Waals surface area contributed by atoms with E-state index in [2.05, 4.69) is 43.5 Å². The van der Waals surface area contributed by atoms with Crippen LogP contribution in [0.1, 0.15) is 367 Å². The van der Waals surface area contributed by atoms with Crippen LogP contribution in [0.4, 0.5) is 0 Å². The van der Waals surface area contributed by atoms with Crippen molar-refractivity contribution in [3.8, 4) is 0 Å². The van der Waals surface area contributed by atoms with Crippen molar-refractivity contribution in [3.05, 3.63) is 36.5 Å². The minimum atomic E-state index is -4.60. The third-order valence-corrected chi connectivity index (χ3v) is 17.6. The van der Waals surface area contributed by atoms with E-state index >= 15 is 0 Å². The lowest BCUT2D eigenvalue weighted by Gasteiger charge is -2.29. The fourth-order valence-electron chi connectivity index (χ4n) is 11.0. The van der Waals surface area contributed by atoms with Gasteiger partial charge in [-0.25, -0.2) is 0 Å². The highest BCUT2D eigenvalue weighted by molar-refractivity contribution is 7.45. The predicted molar refractivity (Wildman–Crippen MR) is 353 cm³/mol. The number of unbranched alkanes of at least 4 members (excludes halogenated alkanes) is 50. The third-order valence-electron chi connectivity index (χ3n) is 16.6. The van der Waals surface area contributed by atoms with E-state index in [0.717, 1.165) is 44.9 Å².